The minimum atomic E-state index is 0.0980. The molecule has 1 heterocycles. The van der Waals surface area contributed by atoms with Crippen LogP contribution in [-0.4, -0.2) is 68.6 Å². The van der Waals surface area contributed by atoms with Crippen molar-refractivity contribution in [3.05, 3.63) is 29.8 Å². The van der Waals surface area contributed by atoms with E-state index in [1.165, 1.54) is 52.1 Å². The number of methoxy groups -OCH3 is 1. The molecule has 0 radical (unpaired) electrons. The largest absolute Gasteiger partial charge is 0.497 e. The van der Waals surface area contributed by atoms with E-state index in [-0.39, 0.29) is 5.91 Å². The van der Waals surface area contributed by atoms with Crippen molar-refractivity contribution in [3.8, 4) is 5.75 Å². The van der Waals surface area contributed by atoms with Gasteiger partial charge in [0.1, 0.15) is 5.75 Å². The lowest BCUT2D eigenvalue weighted by atomic mass is 10.1. The molecule has 2 rings (SSSR count). The van der Waals surface area contributed by atoms with Crippen LogP contribution in [0.1, 0.15) is 31.7 Å². The summed E-state index contributed by atoms with van der Waals surface area (Å²) in [5.74, 6) is 0.918. The van der Waals surface area contributed by atoms with Crippen molar-refractivity contribution in [2.24, 2.45) is 0 Å². The van der Waals surface area contributed by atoms with Gasteiger partial charge in [-0.25, -0.2) is 0 Å². The maximum absolute atomic E-state index is 12.0. The highest BCUT2D eigenvalue weighted by Gasteiger charge is 2.14. The molecule has 0 aliphatic carbocycles. The molecule has 0 aromatic heterocycles. The Balaban J connectivity index is 1.49. The highest BCUT2D eigenvalue weighted by Crippen LogP contribution is 2.11. The number of amides is 1. The molecule has 0 unspecified atom stereocenters. The number of nitrogens with one attached hydrogen (secondary N) is 1. The maximum atomic E-state index is 12.0. The topological polar surface area (TPSA) is 44.8 Å². The summed E-state index contributed by atoms with van der Waals surface area (Å²) < 4.78 is 5.12. The Kier molecular flexibility index (Phi) is 8.77. The molecule has 1 aromatic rings. The third-order valence-electron chi connectivity index (χ3n) is 4.91. The second-order valence-electron chi connectivity index (χ2n) is 6.71. The van der Waals surface area contributed by atoms with Crippen molar-refractivity contribution in [1.29, 1.82) is 0 Å². The molecule has 1 N–H and O–H groups in total. The van der Waals surface area contributed by atoms with Gasteiger partial charge in [-0.1, -0.05) is 25.5 Å². The molecule has 140 valence electrons. The van der Waals surface area contributed by atoms with Crippen LogP contribution in [0.25, 0.3) is 0 Å². The van der Waals surface area contributed by atoms with Gasteiger partial charge in [0.05, 0.1) is 13.5 Å². The Bertz CT molecular complexity index is 496. The lowest BCUT2D eigenvalue weighted by Gasteiger charge is -2.33. The summed E-state index contributed by atoms with van der Waals surface area (Å²) >= 11 is 0. The molecule has 1 fully saturated rings. The average molecular weight is 348 g/mol. The summed E-state index contributed by atoms with van der Waals surface area (Å²) in [5, 5.41) is 3.02. The molecule has 1 aromatic carbocycles. The molecular weight excluding hydrogens is 314 g/mol. The third-order valence-corrected chi connectivity index (χ3v) is 4.91. The molecule has 0 saturated carbocycles. The molecule has 0 spiro atoms. The van der Waals surface area contributed by atoms with Crippen LogP contribution in [0.3, 0.4) is 0 Å². The first-order valence-electron chi connectivity index (χ1n) is 9.55. The number of piperazine rings is 1. The monoisotopic (exact) mass is 347 g/mol. The van der Waals surface area contributed by atoms with Gasteiger partial charge in [-0.15, -0.1) is 0 Å². The van der Waals surface area contributed by atoms with Crippen LogP contribution in [0.2, 0.25) is 0 Å². The van der Waals surface area contributed by atoms with Crippen LogP contribution in [0.5, 0.6) is 5.75 Å². The van der Waals surface area contributed by atoms with E-state index in [0.717, 1.165) is 24.3 Å². The number of unbranched alkanes of at least 4 members (excludes halogenated alkanes) is 2. The van der Waals surface area contributed by atoms with Gasteiger partial charge in [0.15, 0.2) is 0 Å². The zero-order chi connectivity index (χ0) is 17.9. The molecule has 25 heavy (non-hydrogen) atoms. The van der Waals surface area contributed by atoms with E-state index < -0.39 is 0 Å². The van der Waals surface area contributed by atoms with E-state index in [1.54, 1.807) is 7.11 Å². The number of rotatable bonds is 10. The second-order valence-corrected chi connectivity index (χ2v) is 6.71. The SMILES string of the molecule is CCN1CCN(CCCCCNC(=O)Cc2ccc(OC)cc2)CC1. The van der Waals surface area contributed by atoms with Crippen LogP contribution < -0.4 is 10.1 Å². The van der Waals surface area contributed by atoms with E-state index >= 15 is 0 Å². The van der Waals surface area contributed by atoms with Crippen molar-refractivity contribution in [3.63, 3.8) is 0 Å². The first-order valence-corrected chi connectivity index (χ1v) is 9.55. The first-order chi connectivity index (χ1) is 12.2. The van der Waals surface area contributed by atoms with Crippen LogP contribution >= 0.6 is 0 Å². The lowest BCUT2D eigenvalue weighted by Crippen LogP contribution is -2.46. The first kappa shape index (κ1) is 19.7. The highest BCUT2D eigenvalue weighted by atomic mass is 16.5. The molecule has 5 nitrogen and oxygen atoms in total. The molecule has 0 atom stereocenters. The Morgan fingerprint density at radius 2 is 1.72 bits per heavy atom. The van der Waals surface area contributed by atoms with Gasteiger partial charge >= 0.3 is 0 Å². The summed E-state index contributed by atoms with van der Waals surface area (Å²) in [7, 11) is 1.65. The fourth-order valence-corrected chi connectivity index (χ4v) is 3.19. The predicted molar refractivity (Wildman–Crippen MR) is 102 cm³/mol. The van der Waals surface area contributed by atoms with Crippen LogP contribution in [0.4, 0.5) is 0 Å². The minimum Gasteiger partial charge on any atom is -0.497 e. The summed E-state index contributed by atoms with van der Waals surface area (Å²) in [6, 6.07) is 7.67. The van der Waals surface area contributed by atoms with Gasteiger partial charge in [0.2, 0.25) is 5.91 Å². The number of ether oxygens (including phenoxy) is 1. The van der Waals surface area contributed by atoms with E-state index in [0.29, 0.717) is 6.42 Å². The van der Waals surface area contributed by atoms with Crippen LogP contribution in [-0.2, 0) is 11.2 Å². The second kappa shape index (κ2) is 11.1. The molecule has 5 heteroatoms. The van der Waals surface area contributed by atoms with Gasteiger partial charge < -0.3 is 19.9 Å². The number of nitrogens with zero attached hydrogens (tertiary/aromatic N) is 2. The summed E-state index contributed by atoms with van der Waals surface area (Å²) in [6.07, 6.45) is 3.90. The molecule has 1 aliphatic heterocycles. The highest BCUT2D eigenvalue weighted by molar-refractivity contribution is 5.78. The Hall–Kier alpha value is -1.59. The quantitative estimate of drug-likeness (QED) is 0.659. The summed E-state index contributed by atoms with van der Waals surface area (Å²) in [5.41, 5.74) is 1.02. The van der Waals surface area contributed by atoms with Gasteiger partial charge in [-0.3, -0.25) is 4.79 Å². The Labute approximate surface area is 152 Å². The average Bonchev–Trinajstić information content (AvgIpc) is 2.65. The number of hydrogen-bond donors (Lipinski definition) is 1. The standard InChI is InChI=1S/C20H33N3O2/c1-3-22-13-15-23(16-14-22)12-6-4-5-11-21-20(24)17-18-7-9-19(25-2)10-8-18/h7-10H,3-6,11-17H2,1-2H3,(H,21,24). The number of likely N-dealkylation sites (N-methyl/N-ethyl adjacent to an activating group) is 1. The Morgan fingerprint density at radius 3 is 2.36 bits per heavy atom. The zero-order valence-corrected chi connectivity index (χ0v) is 15.8. The number of hydrogen-bond acceptors (Lipinski definition) is 4. The normalized spacial score (nSPS) is 15.9. The lowest BCUT2D eigenvalue weighted by molar-refractivity contribution is -0.120. The molecule has 1 amide bonds. The van der Waals surface area contributed by atoms with Crippen molar-refractivity contribution < 1.29 is 9.53 Å². The number of carbonyl (C=O) groups is 1. The fourth-order valence-electron chi connectivity index (χ4n) is 3.19. The molecular formula is C20H33N3O2. The van der Waals surface area contributed by atoms with Crippen molar-refractivity contribution in [2.75, 3.05) is 52.9 Å². The minimum absolute atomic E-state index is 0.0980. The summed E-state index contributed by atoms with van der Waals surface area (Å²) in [6.45, 7) is 10.2. The number of benzene rings is 1. The van der Waals surface area contributed by atoms with E-state index in [9.17, 15) is 4.79 Å². The van der Waals surface area contributed by atoms with Gasteiger partial charge in [0.25, 0.3) is 0 Å². The van der Waals surface area contributed by atoms with Crippen LogP contribution in [0, 0.1) is 0 Å². The van der Waals surface area contributed by atoms with E-state index in [2.05, 4.69) is 22.0 Å². The summed E-state index contributed by atoms with van der Waals surface area (Å²) in [4.78, 5) is 17.0. The molecule has 1 aliphatic rings. The van der Waals surface area contributed by atoms with Gasteiger partial charge in [0, 0.05) is 32.7 Å². The van der Waals surface area contributed by atoms with Crippen LogP contribution in [0.15, 0.2) is 24.3 Å². The number of carbonyl (C=O) groups excluding carboxylic acids is 1. The van der Waals surface area contributed by atoms with E-state index in [4.69, 9.17) is 4.74 Å². The van der Waals surface area contributed by atoms with Crippen molar-refractivity contribution in [2.45, 2.75) is 32.6 Å². The molecule has 0 bridgehead atoms. The fraction of sp³-hybridized carbons (Fsp3) is 0.650. The smallest absolute Gasteiger partial charge is 0.224 e. The molecule has 1 saturated heterocycles. The van der Waals surface area contributed by atoms with Gasteiger partial charge in [-0.2, -0.15) is 0 Å². The zero-order valence-electron chi connectivity index (χ0n) is 15.8. The van der Waals surface area contributed by atoms with E-state index in [1.807, 2.05) is 24.3 Å². The maximum Gasteiger partial charge on any atom is 0.224 e. The Morgan fingerprint density at radius 1 is 1.04 bits per heavy atom. The van der Waals surface area contributed by atoms with Crippen molar-refractivity contribution in [1.82, 2.24) is 15.1 Å². The van der Waals surface area contributed by atoms with Gasteiger partial charge in [-0.05, 0) is 43.6 Å². The predicted octanol–water partition coefficient (Wildman–Crippen LogP) is 2.16. The van der Waals surface area contributed by atoms with Crippen molar-refractivity contribution >= 4 is 5.91 Å². The third kappa shape index (κ3) is 7.45.